The molecule has 0 radical (unpaired) electrons. The number of benzene rings is 2. The quantitative estimate of drug-likeness (QED) is 0.490. The Kier molecular flexibility index (Phi) is 3.76. The predicted molar refractivity (Wildman–Crippen MR) is 107 cm³/mol. The number of fused-ring (bicyclic) bond motifs is 4. The van der Waals surface area contributed by atoms with Crippen molar-refractivity contribution in [3.05, 3.63) is 81.0 Å². The molecule has 0 bridgehead atoms. The second-order valence-electron chi connectivity index (χ2n) is 7.11. The van der Waals surface area contributed by atoms with Gasteiger partial charge in [0.05, 0.1) is 6.04 Å². The first kappa shape index (κ1) is 16.5. The van der Waals surface area contributed by atoms with E-state index in [-0.39, 0.29) is 17.7 Å². The van der Waals surface area contributed by atoms with E-state index in [9.17, 15) is 9.59 Å². The molecule has 1 aliphatic heterocycles. The molecule has 2 aliphatic rings. The molecule has 0 N–H and O–H groups in total. The summed E-state index contributed by atoms with van der Waals surface area (Å²) in [6.45, 7) is 2.86. The number of carbonyl (C=O) groups is 2. The van der Waals surface area contributed by atoms with Crippen molar-refractivity contribution in [2.75, 3.05) is 6.54 Å². The van der Waals surface area contributed by atoms with Crippen LogP contribution in [0.15, 0.2) is 53.9 Å². The molecule has 3 aromatic rings. The number of rotatable bonds is 2. The number of hydrogen-bond donors (Lipinski definition) is 0. The van der Waals surface area contributed by atoms with Crippen LogP contribution in [-0.2, 0) is 6.42 Å². The van der Waals surface area contributed by atoms with E-state index >= 15 is 0 Å². The Morgan fingerprint density at radius 1 is 1.07 bits per heavy atom. The lowest BCUT2D eigenvalue weighted by Gasteiger charge is -2.35. The third-order valence-corrected chi connectivity index (χ3v) is 6.71. The van der Waals surface area contributed by atoms with Gasteiger partial charge in [0.25, 0.3) is 5.91 Å². The second-order valence-corrected chi connectivity index (χ2v) is 8.11. The first-order valence-corrected chi connectivity index (χ1v) is 10.2. The van der Waals surface area contributed by atoms with Crippen LogP contribution in [0.1, 0.15) is 56.1 Å². The predicted octanol–water partition coefficient (Wildman–Crippen LogP) is 5.11. The zero-order valence-corrected chi connectivity index (χ0v) is 15.9. The van der Waals surface area contributed by atoms with Crippen molar-refractivity contribution in [1.82, 2.24) is 4.90 Å². The van der Waals surface area contributed by atoms with Crippen molar-refractivity contribution in [2.45, 2.75) is 25.8 Å². The summed E-state index contributed by atoms with van der Waals surface area (Å²) in [6.07, 6.45) is 1.80. The fraction of sp³-hybridized carbons (Fsp3) is 0.217. The highest BCUT2D eigenvalue weighted by atomic mass is 32.1. The average molecular weight is 373 g/mol. The number of amides is 1. The Bertz CT molecular complexity index is 1080. The molecule has 2 heterocycles. The molecule has 134 valence electrons. The van der Waals surface area contributed by atoms with E-state index in [1.54, 1.807) is 17.4 Å². The van der Waals surface area contributed by atoms with Crippen LogP contribution in [0.5, 0.6) is 0 Å². The molecule has 3 nitrogen and oxygen atoms in total. The van der Waals surface area contributed by atoms with Gasteiger partial charge in [-0.05, 0) is 53.1 Å². The van der Waals surface area contributed by atoms with Crippen LogP contribution in [0.25, 0.3) is 11.1 Å². The van der Waals surface area contributed by atoms with E-state index in [0.717, 1.165) is 36.1 Å². The molecule has 1 unspecified atom stereocenters. The molecule has 0 saturated carbocycles. The second kappa shape index (κ2) is 6.17. The van der Waals surface area contributed by atoms with Crippen molar-refractivity contribution in [1.29, 1.82) is 0 Å². The van der Waals surface area contributed by atoms with Crippen LogP contribution < -0.4 is 0 Å². The third kappa shape index (κ3) is 2.40. The zero-order valence-electron chi connectivity index (χ0n) is 15.1. The molecule has 0 saturated heterocycles. The third-order valence-electron chi connectivity index (χ3n) is 5.72. The summed E-state index contributed by atoms with van der Waals surface area (Å²) < 4.78 is 0. The average Bonchev–Trinajstić information content (AvgIpc) is 3.30. The van der Waals surface area contributed by atoms with Crippen molar-refractivity contribution in [2.24, 2.45) is 0 Å². The van der Waals surface area contributed by atoms with Gasteiger partial charge in [-0.3, -0.25) is 9.59 Å². The summed E-state index contributed by atoms with van der Waals surface area (Å²) >= 11 is 1.78. The van der Waals surface area contributed by atoms with Gasteiger partial charge in [-0.25, -0.2) is 0 Å². The molecule has 4 heteroatoms. The van der Waals surface area contributed by atoms with Gasteiger partial charge in [-0.2, -0.15) is 0 Å². The normalized spacial score (nSPS) is 17.4. The maximum atomic E-state index is 13.3. The summed E-state index contributed by atoms with van der Waals surface area (Å²) in [7, 11) is 0. The van der Waals surface area contributed by atoms with Crippen molar-refractivity contribution < 1.29 is 9.59 Å². The van der Waals surface area contributed by atoms with Gasteiger partial charge in [0.1, 0.15) is 0 Å². The first-order valence-electron chi connectivity index (χ1n) is 9.34. The Balaban J connectivity index is 1.52. The molecular weight excluding hydrogens is 354 g/mol. The molecule has 2 aromatic carbocycles. The Morgan fingerprint density at radius 2 is 1.85 bits per heavy atom. The fourth-order valence-electron chi connectivity index (χ4n) is 4.41. The summed E-state index contributed by atoms with van der Waals surface area (Å²) in [4.78, 5) is 29.4. The summed E-state index contributed by atoms with van der Waals surface area (Å²) in [6, 6.07) is 15.5. The number of nitrogens with zero attached hydrogens (tertiary/aromatic N) is 1. The molecule has 27 heavy (non-hydrogen) atoms. The standard InChI is InChI=1S/C23H19NO2S/c1-2-20-18-10-12-27-21(18)9-11-24(20)23(26)14-7-8-16-15-5-3-4-6-17(15)22(25)19(16)13-14/h3-8,10,12-13,20H,2,9,11H2,1H3. The number of ketones is 1. The van der Waals surface area contributed by atoms with E-state index in [2.05, 4.69) is 18.4 Å². The van der Waals surface area contributed by atoms with Crippen LogP contribution in [0.4, 0.5) is 0 Å². The Hall–Kier alpha value is -2.72. The minimum Gasteiger partial charge on any atom is -0.331 e. The maximum Gasteiger partial charge on any atom is 0.254 e. The molecule has 1 amide bonds. The molecular formula is C23H19NO2S. The van der Waals surface area contributed by atoms with Crippen LogP contribution in [0.2, 0.25) is 0 Å². The highest BCUT2D eigenvalue weighted by Crippen LogP contribution is 2.39. The summed E-state index contributed by atoms with van der Waals surface area (Å²) in [5, 5.41) is 2.12. The fourth-order valence-corrected chi connectivity index (χ4v) is 5.33. The van der Waals surface area contributed by atoms with Crippen molar-refractivity contribution in [3.8, 4) is 11.1 Å². The molecule has 0 fully saturated rings. The number of carbonyl (C=O) groups excluding carboxylic acids is 2. The monoisotopic (exact) mass is 373 g/mol. The van der Waals surface area contributed by atoms with Crippen LogP contribution in [-0.4, -0.2) is 23.1 Å². The summed E-state index contributed by atoms with van der Waals surface area (Å²) in [5.74, 6) is 0.0336. The van der Waals surface area contributed by atoms with Gasteiger partial charge in [0, 0.05) is 28.1 Å². The SMILES string of the molecule is CCC1c2ccsc2CCN1C(=O)c1ccc2c(c1)C(=O)c1ccccc1-2. The van der Waals surface area contributed by atoms with Gasteiger partial charge in [0.15, 0.2) is 5.78 Å². The van der Waals surface area contributed by atoms with E-state index < -0.39 is 0 Å². The van der Waals surface area contributed by atoms with Gasteiger partial charge in [-0.1, -0.05) is 37.3 Å². The molecule has 5 rings (SSSR count). The van der Waals surface area contributed by atoms with Crippen molar-refractivity contribution in [3.63, 3.8) is 0 Å². The molecule has 1 atom stereocenters. The largest absolute Gasteiger partial charge is 0.331 e. The lowest BCUT2D eigenvalue weighted by Crippen LogP contribution is -2.39. The van der Waals surface area contributed by atoms with Gasteiger partial charge in [0.2, 0.25) is 0 Å². The van der Waals surface area contributed by atoms with E-state index in [1.165, 1.54) is 10.4 Å². The molecule has 1 aromatic heterocycles. The van der Waals surface area contributed by atoms with E-state index in [4.69, 9.17) is 0 Å². The number of hydrogen-bond acceptors (Lipinski definition) is 3. The van der Waals surface area contributed by atoms with E-state index in [1.807, 2.05) is 41.3 Å². The Labute approximate surface area is 162 Å². The van der Waals surface area contributed by atoms with Gasteiger partial charge >= 0.3 is 0 Å². The zero-order chi connectivity index (χ0) is 18.5. The molecule has 0 spiro atoms. The Morgan fingerprint density at radius 3 is 2.67 bits per heavy atom. The van der Waals surface area contributed by atoms with Crippen LogP contribution >= 0.6 is 11.3 Å². The minimum absolute atomic E-state index is 0.0149. The maximum absolute atomic E-state index is 13.3. The van der Waals surface area contributed by atoms with Gasteiger partial charge in [-0.15, -0.1) is 11.3 Å². The first-order chi connectivity index (χ1) is 13.2. The lowest BCUT2D eigenvalue weighted by molar-refractivity contribution is 0.0657. The summed E-state index contributed by atoms with van der Waals surface area (Å²) in [5.41, 5.74) is 5.15. The van der Waals surface area contributed by atoms with E-state index in [0.29, 0.717) is 11.1 Å². The van der Waals surface area contributed by atoms with Crippen molar-refractivity contribution >= 4 is 23.0 Å². The number of thiophene rings is 1. The topological polar surface area (TPSA) is 37.4 Å². The molecule has 1 aliphatic carbocycles. The highest BCUT2D eigenvalue weighted by molar-refractivity contribution is 7.10. The van der Waals surface area contributed by atoms with Gasteiger partial charge < -0.3 is 4.90 Å². The smallest absolute Gasteiger partial charge is 0.254 e. The van der Waals surface area contributed by atoms with Crippen LogP contribution in [0.3, 0.4) is 0 Å². The lowest BCUT2D eigenvalue weighted by atomic mass is 9.96. The van der Waals surface area contributed by atoms with Crippen LogP contribution in [0, 0.1) is 0 Å². The minimum atomic E-state index is 0.0149. The highest BCUT2D eigenvalue weighted by Gasteiger charge is 2.32.